The first-order chi connectivity index (χ1) is 9.11. The van der Waals surface area contributed by atoms with Gasteiger partial charge in [-0.15, -0.1) is 0 Å². The summed E-state index contributed by atoms with van der Waals surface area (Å²) in [6, 6.07) is 7.03. The minimum absolute atomic E-state index is 0.0808. The average molecular weight is 262 g/mol. The molecule has 1 aromatic rings. The lowest BCUT2D eigenvalue weighted by atomic mass is 9.94. The van der Waals surface area contributed by atoms with Crippen molar-refractivity contribution in [2.45, 2.75) is 38.8 Å². The number of rotatable bonds is 4. The van der Waals surface area contributed by atoms with E-state index in [1.54, 1.807) is 0 Å². The molecule has 1 aliphatic heterocycles. The van der Waals surface area contributed by atoms with Gasteiger partial charge in [0.15, 0.2) is 0 Å². The summed E-state index contributed by atoms with van der Waals surface area (Å²) < 4.78 is 13.1. The van der Waals surface area contributed by atoms with Crippen LogP contribution in [0.3, 0.4) is 0 Å². The molecule has 0 aliphatic carbocycles. The van der Waals surface area contributed by atoms with E-state index in [1.165, 1.54) is 17.7 Å². The number of nitrogens with zero attached hydrogens (tertiary/aromatic N) is 1. The van der Waals surface area contributed by atoms with Crippen LogP contribution in [0.1, 0.15) is 38.3 Å². The Morgan fingerprint density at radius 2 is 2.00 bits per heavy atom. The number of benzene rings is 1. The molecule has 2 atom stereocenters. The van der Waals surface area contributed by atoms with Gasteiger partial charge in [-0.1, -0.05) is 30.7 Å². The van der Waals surface area contributed by atoms with Gasteiger partial charge in [-0.2, -0.15) is 0 Å². The van der Waals surface area contributed by atoms with Crippen molar-refractivity contribution >= 4 is 0 Å². The van der Waals surface area contributed by atoms with Crippen molar-refractivity contribution in [3.8, 4) is 0 Å². The molecule has 0 radical (unpaired) electrons. The Bertz CT molecular complexity index is 439. The molecule has 2 rings (SSSR count). The molecular weight excluding hydrogens is 239 g/mol. The fraction of sp³-hybridized carbons (Fsp3) is 0.500. The zero-order valence-electron chi connectivity index (χ0n) is 11.8. The first-order valence-corrected chi connectivity index (χ1v) is 7.02. The van der Waals surface area contributed by atoms with Crippen molar-refractivity contribution in [2.75, 3.05) is 13.1 Å². The fourth-order valence-corrected chi connectivity index (χ4v) is 2.65. The van der Waals surface area contributed by atoms with E-state index in [0.717, 1.165) is 31.5 Å². The van der Waals surface area contributed by atoms with Crippen molar-refractivity contribution in [2.24, 2.45) is 5.73 Å². The summed E-state index contributed by atoms with van der Waals surface area (Å²) in [5, 5.41) is 0. The summed E-state index contributed by atoms with van der Waals surface area (Å²) in [6.45, 7) is 6.23. The Morgan fingerprint density at radius 1 is 1.32 bits per heavy atom. The largest absolute Gasteiger partial charge is 0.326 e. The highest BCUT2D eigenvalue weighted by Gasteiger charge is 2.26. The van der Waals surface area contributed by atoms with Crippen molar-refractivity contribution in [3.05, 3.63) is 47.3 Å². The summed E-state index contributed by atoms with van der Waals surface area (Å²) >= 11 is 0. The van der Waals surface area contributed by atoms with Gasteiger partial charge in [0.2, 0.25) is 0 Å². The molecule has 2 N–H and O–H groups in total. The minimum Gasteiger partial charge on any atom is -0.326 e. The molecule has 0 aromatic heterocycles. The number of hydrogen-bond donors (Lipinski definition) is 1. The molecule has 0 saturated carbocycles. The predicted molar refractivity (Wildman–Crippen MR) is 77.4 cm³/mol. The molecule has 3 heteroatoms. The van der Waals surface area contributed by atoms with Gasteiger partial charge in [-0.25, -0.2) is 4.39 Å². The second-order valence-electron chi connectivity index (χ2n) is 5.36. The monoisotopic (exact) mass is 262 g/mol. The first kappa shape index (κ1) is 14.2. The van der Waals surface area contributed by atoms with Crippen molar-refractivity contribution < 1.29 is 4.39 Å². The third kappa shape index (κ3) is 3.43. The molecule has 0 saturated heterocycles. The third-order valence-electron chi connectivity index (χ3n) is 3.95. The van der Waals surface area contributed by atoms with Crippen molar-refractivity contribution in [1.29, 1.82) is 0 Å². The maximum absolute atomic E-state index is 13.1. The van der Waals surface area contributed by atoms with Crippen LogP contribution in [0.2, 0.25) is 0 Å². The van der Waals surface area contributed by atoms with Crippen LogP contribution in [-0.4, -0.2) is 24.0 Å². The Labute approximate surface area is 115 Å². The summed E-state index contributed by atoms with van der Waals surface area (Å²) in [6.07, 6.45) is 4.28. The maximum atomic E-state index is 13.1. The lowest BCUT2D eigenvalue weighted by Gasteiger charge is -2.37. The number of nitrogens with two attached hydrogens (primary N) is 1. The van der Waals surface area contributed by atoms with E-state index in [0.29, 0.717) is 0 Å². The molecule has 1 aromatic carbocycles. The van der Waals surface area contributed by atoms with E-state index in [2.05, 4.69) is 24.8 Å². The topological polar surface area (TPSA) is 29.3 Å². The van der Waals surface area contributed by atoms with Gasteiger partial charge in [0, 0.05) is 19.1 Å². The molecule has 0 bridgehead atoms. The lowest BCUT2D eigenvalue weighted by molar-refractivity contribution is 0.182. The van der Waals surface area contributed by atoms with Gasteiger partial charge in [0.1, 0.15) is 5.82 Å². The van der Waals surface area contributed by atoms with Crippen LogP contribution in [-0.2, 0) is 0 Å². The fourth-order valence-electron chi connectivity index (χ4n) is 2.65. The lowest BCUT2D eigenvalue weighted by Crippen LogP contribution is -2.42. The third-order valence-corrected chi connectivity index (χ3v) is 3.95. The zero-order valence-corrected chi connectivity index (χ0v) is 11.8. The summed E-state index contributed by atoms with van der Waals surface area (Å²) in [7, 11) is 0. The standard InChI is InChI=1S/C16H23FN2/c1-3-15(18)16(13-4-6-14(17)7-5-13)19-10-8-12(2)9-11-19/h4-8,15-16H,3,9-11,18H2,1-2H3. The van der Waals surface area contributed by atoms with Gasteiger partial charge in [0.25, 0.3) is 0 Å². The van der Waals surface area contributed by atoms with Crippen LogP contribution in [0.4, 0.5) is 4.39 Å². The molecule has 104 valence electrons. The Morgan fingerprint density at radius 3 is 2.53 bits per heavy atom. The van der Waals surface area contributed by atoms with Crippen LogP contribution in [0.25, 0.3) is 0 Å². The van der Waals surface area contributed by atoms with E-state index in [-0.39, 0.29) is 17.9 Å². The Kier molecular flexibility index (Phi) is 4.72. The van der Waals surface area contributed by atoms with Gasteiger partial charge < -0.3 is 5.73 Å². The Hall–Kier alpha value is -1.19. The quantitative estimate of drug-likeness (QED) is 0.844. The van der Waals surface area contributed by atoms with Gasteiger partial charge in [-0.05, 0) is 37.5 Å². The second kappa shape index (κ2) is 6.31. The van der Waals surface area contributed by atoms with Crippen LogP contribution in [0.5, 0.6) is 0 Å². The van der Waals surface area contributed by atoms with E-state index >= 15 is 0 Å². The SMILES string of the molecule is CCC(N)C(c1ccc(F)cc1)N1CC=C(C)CC1. The summed E-state index contributed by atoms with van der Waals surface area (Å²) in [5.74, 6) is -0.193. The normalized spacial score (nSPS) is 19.9. The molecular formula is C16H23FN2. The molecule has 0 amide bonds. The highest BCUT2D eigenvalue weighted by Crippen LogP contribution is 2.28. The van der Waals surface area contributed by atoms with Gasteiger partial charge in [-0.3, -0.25) is 4.90 Å². The minimum atomic E-state index is -0.193. The van der Waals surface area contributed by atoms with Gasteiger partial charge >= 0.3 is 0 Å². The molecule has 19 heavy (non-hydrogen) atoms. The van der Waals surface area contributed by atoms with E-state index < -0.39 is 0 Å². The average Bonchev–Trinajstić information content (AvgIpc) is 2.43. The first-order valence-electron chi connectivity index (χ1n) is 7.02. The highest BCUT2D eigenvalue weighted by atomic mass is 19.1. The Balaban J connectivity index is 2.23. The molecule has 2 nitrogen and oxygen atoms in total. The predicted octanol–water partition coefficient (Wildman–Crippen LogP) is 3.26. The van der Waals surface area contributed by atoms with E-state index in [4.69, 9.17) is 5.73 Å². The highest BCUT2D eigenvalue weighted by molar-refractivity contribution is 5.22. The van der Waals surface area contributed by atoms with Crippen LogP contribution in [0, 0.1) is 5.82 Å². The van der Waals surface area contributed by atoms with Crippen molar-refractivity contribution in [1.82, 2.24) is 4.90 Å². The molecule has 1 heterocycles. The summed E-state index contributed by atoms with van der Waals surface area (Å²) in [4.78, 5) is 2.40. The maximum Gasteiger partial charge on any atom is 0.123 e. The zero-order chi connectivity index (χ0) is 13.8. The van der Waals surface area contributed by atoms with E-state index in [1.807, 2.05) is 12.1 Å². The van der Waals surface area contributed by atoms with Crippen LogP contribution in [0.15, 0.2) is 35.9 Å². The van der Waals surface area contributed by atoms with Crippen molar-refractivity contribution in [3.63, 3.8) is 0 Å². The second-order valence-corrected chi connectivity index (χ2v) is 5.36. The van der Waals surface area contributed by atoms with Crippen LogP contribution < -0.4 is 5.73 Å². The number of halogens is 1. The molecule has 0 spiro atoms. The number of hydrogen-bond acceptors (Lipinski definition) is 2. The molecule has 0 fully saturated rings. The van der Waals surface area contributed by atoms with Crippen LogP contribution >= 0.6 is 0 Å². The molecule has 1 aliphatic rings. The van der Waals surface area contributed by atoms with Gasteiger partial charge in [0.05, 0.1) is 6.04 Å². The van der Waals surface area contributed by atoms with E-state index in [9.17, 15) is 4.39 Å². The smallest absolute Gasteiger partial charge is 0.123 e. The molecule has 2 unspecified atom stereocenters. The summed E-state index contributed by atoms with van der Waals surface area (Å²) in [5.41, 5.74) is 8.85.